The maximum atomic E-state index is 13.9. The minimum Gasteiger partial charge on any atom is -0.487 e. The quantitative estimate of drug-likeness (QED) is 0.939. The Balaban J connectivity index is 1.54. The van der Waals surface area contributed by atoms with Gasteiger partial charge in [-0.2, -0.15) is 0 Å². The van der Waals surface area contributed by atoms with Gasteiger partial charge in [-0.05, 0) is 25.0 Å². The maximum Gasteiger partial charge on any atom is 0.223 e. The van der Waals surface area contributed by atoms with Gasteiger partial charge in [0, 0.05) is 41.4 Å². The highest BCUT2D eigenvalue weighted by Crippen LogP contribution is 2.39. The molecule has 1 saturated carbocycles. The van der Waals surface area contributed by atoms with E-state index in [0.29, 0.717) is 29.8 Å². The number of halogens is 1. The van der Waals surface area contributed by atoms with Gasteiger partial charge < -0.3 is 10.1 Å². The summed E-state index contributed by atoms with van der Waals surface area (Å²) in [5.41, 5.74) is 2.18. The summed E-state index contributed by atoms with van der Waals surface area (Å²) in [5, 5.41) is 2.91. The minimum absolute atomic E-state index is 0.0902. The van der Waals surface area contributed by atoms with Crippen LogP contribution >= 0.6 is 0 Å². The van der Waals surface area contributed by atoms with Crippen molar-refractivity contribution in [1.82, 2.24) is 15.3 Å². The van der Waals surface area contributed by atoms with Crippen molar-refractivity contribution < 1.29 is 13.9 Å². The monoisotopic (exact) mass is 313 g/mol. The number of benzene rings is 1. The van der Waals surface area contributed by atoms with Gasteiger partial charge >= 0.3 is 0 Å². The first-order valence-electron chi connectivity index (χ1n) is 7.73. The van der Waals surface area contributed by atoms with Crippen LogP contribution in [0.4, 0.5) is 4.39 Å². The fraction of sp³-hybridized carbons (Fsp3) is 0.353. The second kappa shape index (κ2) is 5.61. The largest absolute Gasteiger partial charge is 0.487 e. The number of nitrogens with one attached hydrogen (secondary N) is 1. The van der Waals surface area contributed by atoms with Crippen molar-refractivity contribution in [2.24, 2.45) is 5.92 Å². The predicted molar refractivity (Wildman–Crippen MR) is 81.3 cm³/mol. The Hall–Kier alpha value is -2.50. The lowest BCUT2D eigenvalue weighted by atomic mass is 10.0. The average molecular weight is 313 g/mol. The second-order valence-electron chi connectivity index (χ2n) is 6.03. The molecule has 4 rings (SSSR count). The summed E-state index contributed by atoms with van der Waals surface area (Å²) in [6, 6.07) is 2.92. The molecule has 1 atom stereocenters. The van der Waals surface area contributed by atoms with E-state index in [1.165, 1.54) is 18.5 Å². The van der Waals surface area contributed by atoms with Crippen molar-refractivity contribution in [2.75, 3.05) is 6.54 Å². The molecule has 118 valence electrons. The summed E-state index contributed by atoms with van der Waals surface area (Å²) >= 11 is 0. The van der Waals surface area contributed by atoms with Gasteiger partial charge in [0.15, 0.2) is 0 Å². The van der Waals surface area contributed by atoms with Crippen LogP contribution < -0.4 is 10.1 Å². The van der Waals surface area contributed by atoms with Crippen LogP contribution in [0.2, 0.25) is 0 Å². The highest BCUT2D eigenvalue weighted by Gasteiger charge is 2.32. The van der Waals surface area contributed by atoms with E-state index < -0.39 is 0 Å². The predicted octanol–water partition coefficient (Wildman–Crippen LogP) is 2.11. The number of aromatic nitrogens is 2. The van der Waals surface area contributed by atoms with Gasteiger partial charge in [0.25, 0.3) is 0 Å². The van der Waals surface area contributed by atoms with E-state index in [0.717, 1.165) is 18.4 Å². The van der Waals surface area contributed by atoms with Crippen LogP contribution in [-0.4, -0.2) is 28.5 Å². The van der Waals surface area contributed by atoms with Crippen LogP contribution in [0, 0.1) is 11.7 Å². The molecule has 5 nitrogen and oxygen atoms in total. The zero-order valence-electron chi connectivity index (χ0n) is 12.5. The van der Waals surface area contributed by atoms with Gasteiger partial charge in [-0.1, -0.05) is 0 Å². The third-order valence-electron chi connectivity index (χ3n) is 4.19. The van der Waals surface area contributed by atoms with Gasteiger partial charge in [-0.3, -0.25) is 4.79 Å². The van der Waals surface area contributed by atoms with Gasteiger partial charge in [-0.25, -0.2) is 14.4 Å². The summed E-state index contributed by atoms with van der Waals surface area (Å²) in [6.07, 6.45) is 7.06. The lowest BCUT2D eigenvalue weighted by molar-refractivity contribution is -0.122. The number of carbonyl (C=O) groups is 1. The van der Waals surface area contributed by atoms with Gasteiger partial charge in [0.1, 0.15) is 24.0 Å². The molecule has 1 aromatic heterocycles. The average Bonchev–Trinajstić information content (AvgIpc) is 3.33. The van der Waals surface area contributed by atoms with Gasteiger partial charge in [0.05, 0.1) is 6.54 Å². The van der Waals surface area contributed by atoms with Gasteiger partial charge in [0.2, 0.25) is 5.91 Å². The van der Waals surface area contributed by atoms with Crippen molar-refractivity contribution in [2.45, 2.75) is 25.4 Å². The molecule has 1 fully saturated rings. The van der Waals surface area contributed by atoms with E-state index in [4.69, 9.17) is 4.74 Å². The second-order valence-corrected chi connectivity index (χ2v) is 6.03. The van der Waals surface area contributed by atoms with E-state index in [1.54, 1.807) is 12.4 Å². The van der Waals surface area contributed by atoms with Crippen LogP contribution in [0.1, 0.15) is 18.4 Å². The number of ether oxygens (including phenoxy) is 1. The lowest BCUT2D eigenvalue weighted by Gasteiger charge is -2.13. The van der Waals surface area contributed by atoms with Crippen LogP contribution in [0.15, 0.2) is 30.9 Å². The number of hydrogen-bond donors (Lipinski definition) is 1. The van der Waals surface area contributed by atoms with Crippen molar-refractivity contribution in [3.8, 4) is 16.9 Å². The molecule has 0 radical (unpaired) electrons. The van der Waals surface area contributed by atoms with E-state index >= 15 is 0 Å². The van der Waals surface area contributed by atoms with Gasteiger partial charge in [-0.15, -0.1) is 0 Å². The summed E-state index contributed by atoms with van der Waals surface area (Å²) in [7, 11) is 0. The Kier molecular flexibility index (Phi) is 3.44. The van der Waals surface area contributed by atoms with E-state index in [1.807, 2.05) is 0 Å². The number of amides is 1. The standard InChI is InChI=1S/C17H16FN3O2/c18-13-3-11-4-14(8-21-17(22)10-1-2-10)23-16(11)15(5-13)12-6-19-9-20-7-12/h3,5-7,9-10,14H,1-2,4,8H2,(H,21,22)/t14-/m1/s1. The molecule has 1 amide bonds. The number of fused-ring (bicyclic) bond motifs is 1. The lowest BCUT2D eigenvalue weighted by Crippen LogP contribution is -2.35. The fourth-order valence-corrected chi connectivity index (χ4v) is 2.87. The van der Waals surface area contributed by atoms with Crippen molar-refractivity contribution in [1.29, 1.82) is 0 Å². The molecule has 1 aromatic carbocycles. The van der Waals surface area contributed by atoms with Crippen LogP contribution in [-0.2, 0) is 11.2 Å². The van der Waals surface area contributed by atoms with E-state index in [2.05, 4.69) is 15.3 Å². The Morgan fingerprint density at radius 3 is 2.83 bits per heavy atom. The first-order chi connectivity index (χ1) is 11.2. The van der Waals surface area contributed by atoms with E-state index in [9.17, 15) is 9.18 Å². The Bertz CT molecular complexity index is 747. The molecule has 23 heavy (non-hydrogen) atoms. The number of rotatable bonds is 4. The molecule has 0 unspecified atom stereocenters. The highest BCUT2D eigenvalue weighted by atomic mass is 19.1. The molecule has 0 saturated heterocycles. The molecule has 6 heteroatoms. The summed E-state index contributed by atoms with van der Waals surface area (Å²) in [4.78, 5) is 19.7. The first kappa shape index (κ1) is 14.1. The number of carbonyl (C=O) groups excluding carboxylic acids is 1. The molecule has 1 aliphatic heterocycles. The fourth-order valence-electron chi connectivity index (χ4n) is 2.87. The zero-order chi connectivity index (χ0) is 15.8. The normalized spacial score (nSPS) is 19.1. The van der Waals surface area contributed by atoms with Crippen LogP contribution in [0.25, 0.3) is 11.1 Å². The molecular formula is C17H16FN3O2. The highest BCUT2D eigenvalue weighted by molar-refractivity contribution is 5.80. The Morgan fingerprint density at radius 1 is 1.30 bits per heavy atom. The minimum atomic E-state index is -0.311. The third-order valence-corrected chi connectivity index (χ3v) is 4.19. The Labute approximate surface area is 132 Å². The van der Waals surface area contributed by atoms with Crippen molar-refractivity contribution in [3.05, 3.63) is 42.2 Å². The molecule has 0 spiro atoms. The SMILES string of the molecule is O=C(NC[C@H]1Cc2cc(F)cc(-c3cncnc3)c2O1)C1CC1. The number of hydrogen-bond acceptors (Lipinski definition) is 4. The topological polar surface area (TPSA) is 64.1 Å². The summed E-state index contributed by atoms with van der Waals surface area (Å²) < 4.78 is 19.9. The van der Waals surface area contributed by atoms with E-state index in [-0.39, 0.29) is 23.7 Å². The molecule has 2 aliphatic rings. The third kappa shape index (κ3) is 2.88. The smallest absolute Gasteiger partial charge is 0.223 e. The molecule has 0 bridgehead atoms. The molecule has 1 aliphatic carbocycles. The first-order valence-corrected chi connectivity index (χ1v) is 7.73. The maximum absolute atomic E-state index is 13.9. The molecule has 2 aromatic rings. The number of nitrogens with zero attached hydrogens (tertiary/aromatic N) is 2. The Morgan fingerprint density at radius 2 is 2.09 bits per heavy atom. The summed E-state index contributed by atoms with van der Waals surface area (Å²) in [6.45, 7) is 0.441. The summed E-state index contributed by atoms with van der Waals surface area (Å²) in [5.74, 6) is 0.612. The molecule has 2 heterocycles. The van der Waals surface area contributed by atoms with Crippen molar-refractivity contribution >= 4 is 5.91 Å². The van der Waals surface area contributed by atoms with Crippen LogP contribution in [0.5, 0.6) is 5.75 Å². The van der Waals surface area contributed by atoms with Crippen LogP contribution in [0.3, 0.4) is 0 Å². The zero-order valence-corrected chi connectivity index (χ0v) is 12.5. The van der Waals surface area contributed by atoms with Crippen molar-refractivity contribution in [3.63, 3.8) is 0 Å². The molecule has 1 N–H and O–H groups in total. The molecular weight excluding hydrogens is 297 g/mol.